The maximum atomic E-state index is 12.2. The van der Waals surface area contributed by atoms with Crippen LogP contribution in [0.4, 0.5) is 0 Å². The number of rotatable bonds is 7. The van der Waals surface area contributed by atoms with E-state index in [1.165, 1.54) is 6.07 Å². The molecule has 0 aliphatic carbocycles. The molecule has 0 heterocycles. The summed E-state index contributed by atoms with van der Waals surface area (Å²) in [7, 11) is -2.18. The number of benzene rings is 1. The molecule has 0 fully saturated rings. The van der Waals surface area contributed by atoms with Crippen LogP contribution in [0.3, 0.4) is 0 Å². The number of ether oxygens (including phenoxy) is 1. The van der Waals surface area contributed by atoms with Crippen LogP contribution in [0, 0.1) is 5.92 Å². The summed E-state index contributed by atoms with van der Waals surface area (Å²) in [4.78, 5) is -0.0586. The van der Waals surface area contributed by atoms with Crippen molar-refractivity contribution in [2.45, 2.75) is 18.4 Å². The molecule has 0 bridgehead atoms. The van der Waals surface area contributed by atoms with Crippen molar-refractivity contribution in [3.63, 3.8) is 0 Å². The van der Waals surface area contributed by atoms with Gasteiger partial charge >= 0.3 is 0 Å². The van der Waals surface area contributed by atoms with Crippen molar-refractivity contribution in [1.29, 1.82) is 0 Å². The van der Waals surface area contributed by atoms with Crippen LogP contribution in [0.5, 0.6) is 0 Å². The summed E-state index contributed by atoms with van der Waals surface area (Å²) in [5.41, 5.74) is 6.01. The lowest BCUT2D eigenvalue weighted by Crippen LogP contribution is -2.30. The van der Waals surface area contributed by atoms with E-state index >= 15 is 0 Å². The van der Waals surface area contributed by atoms with Gasteiger partial charge in [-0.05, 0) is 23.6 Å². The van der Waals surface area contributed by atoms with E-state index in [2.05, 4.69) is 4.72 Å². The van der Waals surface area contributed by atoms with Gasteiger partial charge in [0.05, 0.1) is 5.02 Å². The van der Waals surface area contributed by atoms with Crippen LogP contribution >= 0.6 is 23.2 Å². The highest BCUT2D eigenvalue weighted by Crippen LogP contribution is 2.29. The monoisotopic (exact) mass is 340 g/mol. The molecule has 0 radical (unpaired) electrons. The average molecular weight is 341 g/mol. The highest BCUT2D eigenvalue weighted by Gasteiger charge is 2.21. The van der Waals surface area contributed by atoms with Crippen molar-refractivity contribution in [2.24, 2.45) is 11.7 Å². The molecule has 0 amide bonds. The molecule has 1 aromatic rings. The standard InChI is InChI=1S/C12H18Cl2N2O3S/c1-8(7-19-2)6-16-20(17,18)11-4-10(13)3-9(5-15)12(11)14/h3-4,8,16H,5-7,15H2,1-2H3. The van der Waals surface area contributed by atoms with E-state index in [0.29, 0.717) is 12.2 Å². The minimum Gasteiger partial charge on any atom is -0.384 e. The molecule has 0 saturated heterocycles. The Bertz CT molecular complexity index is 564. The molecule has 5 nitrogen and oxygen atoms in total. The molecule has 0 aromatic heterocycles. The molecular formula is C12H18Cl2N2O3S. The molecule has 3 N–H and O–H groups in total. The molecule has 0 saturated carbocycles. The molecule has 0 aliphatic heterocycles. The Kier molecular flexibility index (Phi) is 6.71. The van der Waals surface area contributed by atoms with Crippen molar-refractivity contribution >= 4 is 33.2 Å². The number of methoxy groups -OCH3 is 1. The SMILES string of the molecule is COCC(C)CNS(=O)(=O)c1cc(Cl)cc(CN)c1Cl. The number of nitrogens with two attached hydrogens (primary N) is 1. The van der Waals surface area contributed by atoms with Crippen LogP contribution in [-0.2, 0) is 21.3 Å². The van der Waals surface area contributed by atoms with E-state index in [1.54, 1.807) is 13.2 Å². The zero-order valence-corrected chi connectivity index (χ0v) is 13.6. The van der Waals surface area contributed by atoms with Crippen molar-refractivity contribution in [1.82, 2.24) is 4.72 Å². The van der Waals surface area contributed by atoms with E-state index in [0.717, 1.165) is 0 Å². The summed E-state index contributed by atoms with van der Waals surface area (Å²) in [6, 6.07) is 2.86. The van der Waals surface area contributed by atoms with Gasteiger partial charge in [0.15, 0.2) is 0 Å². The third kappa shape index (κ3) is 4.58. The average Bonchev–Trinajstić information content (AvgIpc) is 2.39. The zero-order chi connectivity index (χ0) is 15.3. The van der Waals surface area contributed by atoms with Gasteiger partial charge in [0.1, 0.15) is 4.90 Å². The number of sulfonamides is 1. The number of nitrogens with one attached hydrogen (secondary N) is 1. The largest absolute Gasteiger partial charge is 0.384 e. The van der Waals surface area contributed by atoms with Crippen LogP contribution in [0.15, 0.2) is 17.0 Å². The van der Waals surface area contributed by atoms with Gasteiger partial charge in [-0.15, -0.1) is 0 Å². The second-order valence-electron chi connectivity index (χ2n) is 4.49. The lowest BCUT2D eigenvalue weighted by molar-refractivity contribution is 0.161. The molecule has 1 unspecified atom stereocenters. The van der Waals surface area contributed by atoms with E-state index in [-0.39, 0.29) is 33.9 Å². The van der Waals surface area contributed by atoms with Gasteiger partial charge in [0.25, 0.3) is 0 Å². The number of hydrogen-bond donors (Lipinski definition) is 2. The maximum absolute atomic E-state index is 12.2. The third-order valence-corrected chi connectivity index (χ3v) is 4.89. The van der Waals surface area contributed by atoms with Crippen LogP contribution in [0.1, 0.15) is 12.5 Å². The quantitative estimate of drug-likeness (QED) is 0.795. The third-order valence-electron chi connectivity index (χ3n) is 2.66. The Morgan fingerprint density at radius 2 is 2.05 bits per heavy atom. The summed E-state index contributed by atoms with van der Waals surface area (Å²) in [6.45, 7) is 2.69. The van der Waals surface area contributed by atoms with Crippen molar-refractivity contribution < 1.29 is 13.2 Å². The van der Waals surface area contributed by atoms with Crippen LogP contribution < -0.4 is 10.5 Å². The first-order valence-electron chi connectivity index (χ1n) is 5.98. The Balaban J connectivity index is 3.01. The maximum Gasteiger partial charge on any atom is 0.242 e. The summed E-state index contributed by atoms with van der Waals surface area (Å²) in [5.74, 6) is 0.0433. The predicted molar refractivity (Wildman–Crippen MR) is 80.6 cm³/mol. The summed E-state index contributed by atoms with van der Waals surface area (Å²) < 4.78 is 31.9. The molecule has 0 aliphatic rings. The smallest absolute Gasteiger partial charge is 0.242 e. The first kappa shape index (κ1) is 17.7. The van der Waals surface area contributed by atoms with Crippen molar-refractivity contribution in [3.05, 3.63) is 27.7 Å². The minimum atomic E-state index is -3.74. The Morgan fingerprint density at radius 3 is 2.60 bits per heavy atom. The highest BCUT2D eigenvalue weighted by atomic mass is 35.5. The van der Waals surface area contributed by atoms with Gasteiger partial charge in [-0.2, -0.15) is 0 Å². The summed E-state index contributed by atoms with van der Waals surface area (Å²) >= 11 is 12.0. The van der Waals surface area contributed by atoms with Crippen molar-refractivity contribution in [3.8, 4) is 0 Å². The van der Waals surface area contributed by atoms with E-state index in [1.807, 2.05) is 6.92 Å². The van der Waals surface area contributed by atoms with Gasteiger partial charge in [-0.25, -0.2) is 13.1 Å². The normalized spacial score (nSPS) is 13.4. The molecular weight excluding hydrogens is 323 g/mol. The topological polar surface area (TPSA) is 81.4 Å². The molecule has 1 aromatic carbocycles. The number of halogens is 2. The van der Waals surface area contributed by atoms with Crippen LogP contribution in [-0.4, -0.2) is 28.7 Å². The minimum absolute atomic E-state index is 0.0433. The first-order chi connectivity index (χ1) is 9.31. The van der Waals surface area contributed by atoms with Crippen LogP contribution in [0.25, 0.3) is 0 Å². The zero-order valence-electron chi connectivity index (χ0n) is 11.3. The predicted octanol–water partition coefficient (Wildman–Crippen LogP) is 2.01. The van der Waals surface area contributed by atoms with E-state index < -0.39 is 10.0 Å². The van der Waals surface area contributed by atoms with Crippen molar-refractivity contribution in [2.75, 3.05) is 20.3 Å². The first-order valence-corrected chi connectivity index (χ1v) is 8.22. The van der Waals surface area contributed by atoms with E-state index in [4.69, 9.17) is 33.7 Å². The lowest BCUT2D eigenvalue weighted by atomic mass is 10.2. The van der Waals surface area contributed by atoms with Crippen LogP contribution in [0.2, 0.25) is 10.0 Å². The number of hydrogen-bond acceptors (Lipinski definition) is 4. The van der Waals surface area contributed by atoms with Gasteiger partial charge in [-0.3, -0.25) is 0 Å². The fourth-order valence-corrected chi connectivity index (χ4v) is 3.74. The Labute approximate surface area is 129 Å². The van der Waals surface area contributed by atoms with Gasteiger partial charge in [-0.1, -0.05) is 30.1 Å². The molecule has 8 heteroatoms. The summed E-state index contributed by atoms with van der Waals surface area (Å²) in [6.07, 6.45) is 0. The fourth-order valence-electron chi connectivity index (χ4n) is 1.64. The summed E-state index contributed by atoms with van der Waals surface area (Å²) in [5, 5.41) is 0.379. The molecule has 20 heavy (non-hydrogen) atoms. The Morgan fingerprint density at radius 1 is 1.40 bits per heavy atom. The van der Waals surface area contributed by atoms with E-state index in [9.17, 15) is 8.42 Å². The second kappa shape index (κ2) is 7.59. The second-order valence-corrected chi connectivity index (χ2v) is 7.04. The highest BCUT2D eigenvalue weighted by molar-refractivity contribution is 7.89. The van der Waals surface area contributed by atoms with Gasteiger partial charge in [0.2, 0.25) is 10.0 Å². The lowest BCUT2D eigenvalue weighted by Gasteiger charge is -2.14. The molecule has 1 atom stereocenters. The fraction of sp³-hybridized carbons (Fsp3) is 0.500. The van der Waals surface area contributed by atoms with Gasteiger partial charge < -0.3 is 10.5 Å². The molecule has 1 rings (SSSR count). The van der Waals surface area contributed by atoms with Gasteiger partial charge in [0, 0.05) is 31.8 Å². The molecule has 0 spiro atoms. The molecule has 114 valence electrons. The Hall–Kier alpha value is -0.370.